The average molecular weight is 286 g/mol. The number of alkyl halides is 1. The predicted octanol–water partition coefficient (Wildman–Crippen LogP) is 2.60. The monoisotopic (exact) mass is 285 g/mol. The van der Waals surface area contributed by atoms with Crippen molar-refractivity contribution in [3.8, 4) is 0 Å². The van der Waals surface area contributed by atoms with Gasteiger partial charge in [0.2, 0.25) is 5.91 Å². The summed E-state index contributed by atoms with van der Waals surface area (Å²) in [6.45, 7) is 0. The van der Waals surface area contributed by atoms with Crippen LogP contribution in [-0.2, 0) is 17.1 Å². The van der Waals surface area contributed by atoms with Gasteiger partial charge in [-0.15, -0.1) is 22.9 Å². The Morgan fingerprint density at radius 1 is 1.50 bits per heavy atom. The van der Waals surface area contributed by atoms with Crippen LogP contribution in [-0.4, -0.2) is 15.9 Å². The van der Waals surface area contributed by atoms with Gasteiger partial charge in [-0.25, -0.2) is 9.37 Å². The van der Waals surface area contributed by atoms with Crippen LogP contribution in [0.4, 0.5) is 10.1 Å². The maximum Gasteiger partial charge on any atom is 0.231 e. The third-order valence-electron chi connectivity index (χ3n) is 2.04. The molecule has 4 nitrogen and oxygen atoms in total. The highest BCUT2D eigenvalue weighted by Gasteiger charge is 2.08. The molecule has 2 aromatic rings. The van der Waals surface area contributed by atoms with Crippen LogP contribution in [0.5, 0.6) is 0 Å². The quantitative estimate of drug-likeness (QED) is 0.879. The van der Waals surface area contributed by atoms with Crippen molar-refractivity contribution in [1.82, 2.24) is 9.97 Å². The number of hydrogen-bond donors (Lipinski definition) is 1. The second kappa shape index (κ2) is 5.88. The van der Waals surface area contributed by atoms with Crippen molar-refractivity contribution < 1.29 is 9.18 Å². The summed E-state index contributed by atoms with van der Waals surface area (Å²) in [5, 5.41) is 5.03. The van der Waals surface area contributed by atoms with E-state index in [4.69, 9.17) is 11.6 Å². The Morgan fingerprint density at radius 2 is 2.33 bits per heavy atom. The highest BCUT2D eigenvalue weighted by molar-refractivity contribution is 7.09. The summed E-state index contributed by atoms with van der Waals surface area (Å²) in [4.78, 5) is 19.5. The van der Waals surface area contributed by atoms with Crippen molar-refractivity contribution in [2.75, 3.05) is 5.32 Å². The molecule has 2 aromatic heterocycles. The molecule has 0 unspecified atom stereocenters. The largest absolute Gasteiger partial charge is 0.324 e. The number of halogens is 2. The van der Waals surface area contributed by atoms with Crippen LogP contribution in [0.3, 0.4) is 0 Å². The van der Waals surface area contributed by atoms with Gasteiger partial charge in [0.25, 0.3) is 0 Å². The van der Waals surface area contributed by atoms with Crippen LogP contribution in [0.15, 0.2) is 23.8 Å². The first-order valence-corrected chi connectivity index (χ1v) is 6.48. The zero-order valence-corrected chi connectivity index (χ0v) is 10.8. The minimum atomic E-state index is -0.494. The number of aromatic nitrogens is 2. The molecule has 1 N–H and O–H groups in total. The molecule has 0 saturated heterocycles. The van der Waals surface area contributed by atoms with Crippen molar-refractivity contribution in [3.05, 3.63) is 40.4 Å². The Hall–Kier alpha value is -1.53. The minimum absolute atomic E-state index is 0.137. The molecular weight excluding hydrogens is 277 g/mol. The number of nitrogens with zero attached hydrogens (tertiary/aromatic N) is 2. The predicted molar refractivity (Wildman–Crippen MR) is 68.2 cm³/mol. The van der Waals surface area contributed by atoms with Gasteiger partial charge in [-0.3, -0.25) is 9.78 Å². The number of thiazole rings is 1. The van der Waals surface area contributed by atoms with Gasteiger partial charge in [-0.1, -0.05) is 0 Å². The van der Waals surface area contributed by atoms with Crippen molar-refractivity contribution in [1.29, 1.82) is 0 Å². The van der Waals surface area contributed by atoms with Crippen LogP contribution in [0.1, 0.15) is 10.7 Å². The third kappa shape index (κ3) is 3.48. The average Bonchev–Trinajstić information content (AvgIpc) is 2.76. The van der Waals surface area contributed by atoms with Gasteiger partial charge in [0, 0.05) is 11.4 Å². The number of rotatable bonds is 4. The second-order valence-corrected chi connectivity index (χ2v) is 4.69. The van der Waals surface area contributed by atoms with Gasteiger partial charge < -0.3 is 5.32 Å². The molecule has 18 heavy (non-hydrogen) atoms. The molecule has 0 spiro atoms. The van der Waals surface area contributed by atoms with Crippen molar-refractivity contribution in [2.45, 2.75) is 12.3 Å². The standard InChI is InChI=1S/C11H9ClFN3OS/c12-3-9-6-18-11(16-9)2-10(17)15-8-1-7(13)4-14-5-8/h1,4-6H,2-3H2,(H,15,17). The molecule has 0 saturated carbocycles. The summed E-state index contributed by atoms with van der Waals surface area (Å²) < 4.78 is 12.9. The summed E-state index contributed by atoms with van der Waals surface area (Å²) in [5.74, 6) is -0.435. The van der Waals surface area contributed by atoms with E-state index >= 15 is 0 Å². The van der Waals surface area contributed by atoms with E-state index in [0.29, 0.717) is 16.6 Å². The molecule has 7 heteroatoms. The highest BCUT2D eigenvalue weighted by atomic mass is 35.5. The van der Waals surface area contributed by atoms with Crippen molar-refractivity contribution >= 4 is 34.5 Å². The van der Waals surface area contributed by atoms with E-state index in [1.54, 1.807) is 5.38 Å². The van der Waals surface area contributed by atoms with Gasteiger partial charge in [-0.05, 0) is 0 Å². The van der Waals surface area contributed by atoms with E-state index in [1.165, 1.54) is 23.6 Å². The Morgan fingerprint density at radius 3 is 3.00 bits per heavy atom. The zero-order valence-electron chi connectivity index (χ0n) is 9.19. The van der Waals surface area contributed by atoms with Crippen LogP contribution in [0.25, 0.3) is 0 Å². The van der Waals surface area contributed by atoms with E-state index in [9.17, 15) is 9.18 Å². The van der Waals surface area contributed by atoms with Crippen molar-refractivity contribution in [2.24, 2.45) is 0 Å². The van der Waals surface area contributed by atoms with E-state index in [1.807, 2.05) is 0 Å². The number of pyridine rings is 1. The Kier molecular flexibility index (Phi) is 4.22. The molecule has 0 aliphatic carbocycles. The molecular formula is C11H9ClFN3OS. The smallest absolute Gasteiger partial charge is 0.231 e. The lowest BCUT2D eigenvalue weighted by Crippen LogP contribution is -2.14. The molecule has 1 amide bonds. The Balaban J connectivity index is 1.96. The molecule has 0 aliphatic rings. The van der Waals surface area contributed by atoms with E-state index in [0.717, 1.165) is 11.9 Å². The fraction of sp³-hybridized carbons (Fsp3) is 0.182. The minimum Gasteiger partial charge on any atom is -0.324 e. The van der Waals surface area contributed by atoms with Gasteiger partial charge in [0.05, 0.1) is 36.1 Å². The van der Waals surface area contributed by atoms with Gasteiger partial charge in [0.15, 0.2) is 0 Å². The summed E-state index contributed by atoms with van der Waals surface area (Å²) >= 11 is 6.99. The van der Waals surface area contributed by atoms with E-state index in [2.05, 4.69) is 15.3 Å². The summed E-state index contributed by atoms with van der Waals surface area (Å²) in [5.41, 5.74) is 1.08. The summed E-state index contributed by atoms with van der Waals surface area (Å²) in [6, 6.07) is 1.21. The molecule has 2 rings (SSSR count). The van der Waals surface area contributed by atoms with E-state index in [-0.39, 0.29) is 12.3 Å². The first-order valence-electron chi connectivity index (χ1n) is 5.07. The first kappa shape index (κ1) is 12.9. The molecule has 0 fully saturated rings. The number of anilines is 1. The lowest BCUT2D eigenvalue weighted by molar-refractivity contribution is -0.115. The lowest BCUT2D eigenvalue weighted by atomic mass is 10.3. The van der Waals surface area contributed by atoms with Gasteiger partial charge in [0.1, 0.15) is 10.8 Å². The number of hydrogen-bond acceptors (Lipinski definition) is 4. The third-order valence-corrected chi connectivity index (χ3v) is 3.21. The highest BCUT2D eigenvalue weighted by Crippen LogP contribution is 2.13. The molecule has 0 radical (unpaired) electrons. The number of carbonyl (C=O) groups is 1. The van der Waals surface area contributed by atoms with Crippen molar-refractivity contribution in [3.63, 3.8) is 0 Å². The number of nitrogens with one attached hydrogen (secondary N) is 1. The molecule has 0 aliphatic heterocycles. The number of amides is 1. The normalized spacial score (nSPS) is 10.3. The molecule has 0 atom stereocenters. The molecule has 94 valence electrons. The molecule has 2 heterocycles. The van der Waals surface area contributed by atoms with Crippen LogP contribution in [0.2, 0.25) is 0 Å². The maximum absolute atomic E-state index is 12.9. The fourth-order valence-electron chi connectivity index (χ4n) is 1.31. The maximum atomic E-state index is 12.9. The topological polar surface area (TPSA) is 54.9 Å². The Labute approximate surface area is 112 Å². The van der Waals surface area contributed by atoms with Gasteiger partial charge in [-0.2, -0.15) is 0 Å². The SMILES string of the molecule is O=C(Cc1nc(CCl)cs1)Nc1cncc(F)c1. The molecule has 0 aromatic carbocycles. The van der Waals surface area contributed by atoms with Crippen LogP contribution < -0.4 is 5.32 Å². The number of carbonyl (C=O) groups excluding carboxylic acids is 1. The zero-order chi connectivity index (χ0) is 13.0. The Bertz CT molecular complexity index is 561. The van der Waals surface area contributed by atoms with Gasteiger partial charge >= 0.3 is 0 Å². The first-order chi connectivity index (χ1) is 8.67. The summed E-state index contributed by atoms with van der Waals surface area (Å²) in [6.07, 6.45) is 2.59. The lowest BCUT2D eigenvalue weighted by Gasteiger charge is -2.02. The fourth-order valence-corrected chi connectivity index (χ4v) is 2.34. The van der Waals surface area contributed by atoms with Crippen LogP contribution in [0, 0.1) is 5.82 Å². The summed E-state index contributed by atoms with van der Waals surface area (Å²) in [7, 11) is 0. The van der Waals surface area contributed by atoms with Crippen LogP contribution >= 0.6 is 22.9 Å². The van der Waals surface area contributed by atoms with E-state index < -0.39 is 5.82 Å². The molecule has 0 bridgehead atoms. The second-order valence-electron chi connectivity index (χ2n) is 3.48.